The van der Waals surface area contributed by atoms with Gasteiger partial charge in [-0.2, -0.15) is 0 Å². The number of benzene rings is 1. The highest BCUT2D eigenvalue weighted by Crippen LogP contribution is 2.11. The van der Waals surface area contributed by atoms with Crippen molar-refractivity contribution in [3.8, 4) is 0 Å². The van der Waals surface area contributed by atoms with Crippen LogP contribution >= 0.6 is 0 Å². The maximum Gasteiger partial charge on any atom is 0.408 e. The van der Waals surface area contributed by atoms with E-state index >= 15 is 0 Å². The van der Waals surface area contributed by atoms with Crippen LogP contribution in [0.5, 0.6) is 0 Å². The number of esters is 2. The summed E-state index contributed by atoms with van der Waals surface area (Å²) in [6.07, 6.45) is -1.08. The van der Waals surface area contributed by atoms with Crippen LogP contribution < -0.4 is 5.32 Å². The van der Waals surface area contributed by atoms with Gasteiger partial charge < -0.3 is 19.5 Å². The Bertz CT molecular complexity index is 713. The second kappa shape index (κ2) is 12.7. The van der Waals surface area contributed by atoms with Gasteiger partial charge in [-0.15, -0.1) is 0 Å². The van der Waals surface area contributed by atoms with Gasteiger partial charge >= 0.3 is 18.0 Å². The zero-order valence-electron chi connectivity index (χ0n) is 19.7. The third-order valence-electron chi connectivity index (χ3n) is 4.37. The highest BCUT2D eigenvalue weighted by atomic mass is 28.3. The average molecular weight is 468 g/mol. The molecule has 0 aromatic heterocycles. The number of alkyl carbamates (subject to hydrolysis) is 1. The van der Waals surface area contributed by atoms with E-state index in [-0.39, 0.29) is 19.6 Å². The molecule has 1 amide bonds. The van der Waals surface area contributed by atoms with Gasteiger partial charge in [0.2, 0.25) is 0 Å². The summed E-state index contributed by atoms with van der Waals surface area (Å²) in [5.41, 5.74) is 0.817. The van der Waals surface area contributed by atoms with Crippen molar-refractivity contribution in [2.45, 2.75) is 70.4 Å². The lowest BCUT2D eigenvalue weighted by Crippen LogP contribution is -2.44. The third kappa shape index (κ3) is 13.7. The van der Waals surface area contributed by atoms with E-state index in [4.69, 9.17) is 14.2 Å². The first kappa shape index (κ1) is 26.9. The Morgan fingerprint density at radius 1 is 0.839 bits per heavy atom. The molecule has 0 bridgehead atoms. The Balaban J connectivity index is 2.64. The molecule has 7 nitrogen and oxygen atoms in total. The molecule has 1 aromatic rings. The maximum absolute atomic E-state index is 12.5. The SMILES string of the molecule is C[Si](C)(C)CCOC(=O)C[C@H](NC(=O)OCc1ccccc1)C(=O)OCC[Si](C)(C)C. The van der Waals surface area contributed by atoms with E-state index in [1.165, 1.54) is 0 Å². The van der Waals surface area contributed by atoms with E-state index in [9.17, 15) is 14.4 Å². The number of carbonyl (C=O) groups is 3. The standard InChI is InChI=1S/C22H37NO6Si2/c1-30(2,3)14-12-27-20(24)16-19(21(25)28-13-15-31(4,5)6)23-22(26)29-17-18-10-8-7-9-11-18/h7-11,19H,12-17H2,1-6H3,(H,23,26)/t19-/m0/s1. The molecule has 174 valence electrons. The number of hydrogen-bond acceptors (Lipinski definition) is 6. The number of nitrogens with one attached hydrogen (secondary N) is 1. The minimum Gasteiger partial charge on any atom is -0.466 e. The summed E-state index contributed by atoms with van der Waals surface area (Å²) >= 11 is 0. The first-order valence-corrected chi connectivity index (χ1v) is 18.1. The van der Waals surface area contributed by atoms with Gasteiger partial charge in [0.1, 0.15) is 12.6 Å². The van der Waals surface area contributed by atoms with Crippen molar-refractivity contribution in [3.63, 3.8) is 0 Å². The zero-order valence-corrected chi connectivity index (χ0v) is 21.7. The van der Waals surface area contributed by atoms with E-state index in [2.05, 4.69) is 44.6 Å². The molecule has 0 fully saturated rings. The molecular weight excluding hydrogens is 430 g/mol. The third-order valence-corrected chi connectivity index (χ3v) is 7.78. The van der Waals surface area contributed by atoms with E-state index in [1.54, 1.807) is 0 Å². The second-order valence-electron chi connectivity index (χ2n) is 9.97. The van der Waals surface area contributed by atoms with Gasteiger partial charge in [0, 0.05) is 16.1 Å². The fourth-order valence-electron chi connectivity index (χ4n) is 2.36. The molecule has 9 heteroatoms. The summed E-state index contributed by atoms with van der Waals surface area (Å²) in [5, 5.41) is 2.46. The van der Waals surface area contributed by atoms with E-state index in [0.717, 1.165) is 17.7 Å². The van der Waals surface area contributed by atoms with Crippen LogP contribution in [0.25, 0.3) is 0 Å². The molecule has 0 heterocycles. The van der Waals surface area contributed by atoms with E-state index < -0.39 is 40.2 Å². The fraction of sp³-hybridized carbons (Fsp3) is 0.591. The van der Waals surface area contributed by atoms with Crippen molar-refractivity contribution in [1.29, 1.82) is 0 Å². The largest absolute Gasteiger partial charge is 0.466 e. The summed E-state index contributed by atoms with van der Waals surface area (Å²) in [6, 6.07) is 9.67. The smallest absolute Gasteiger partial charge is 0.408 e. The van der Waals surface area contributed by atoms with Crippen molar-refractivity contribution >= 4 is 34.2 Å². The van der Waals surface area contributed by atoms with Gasteiger partial charge in [0.05, 0.1) is 19.6 Å². The van der Waals surface area contributed by atoms with Crippen LogP contribution in [0.15, 0.2) is 30.3 Å². The van der Waals surface area contributed by atoms with E-state index in [1.807, 2.05) is 30.3 Å². The normalized spacial score (nSPS) is 12.6. The molecule has 1 atom stereocenters. The monoisotopic (exact) mass is 467 g/mol. The Morgan fingerprint density at radius 2 is 1.39 bits per heavy atom. The molecular formula is C22H37NO6Si2. The van der Waals surface area contributed by atoms with Crippen LogP contribution in [-0.4, -0.2) is 53.4 Å². The van der Waals surface area contributed by atoms with Crippen molar-refractivity contribution in [1.82, 2.24) is 5.32 Å². The molecule has 0 aliphatic carbocycles. The first-order valence-electron chi connectivity index (χ1n) is 10.7. The Hall–Kier alpha value is -2.14. The summed E-state index contributed by atoms with van der Waals surface area (Å²) in [7, 11) is -2.73. The predicted octanol–water partition coefficient (Wildman–Crippen LogP) is 4.43. The summed E-state index contributed by atoms with van der Waals surface area (Å²) < 4.78 is 15.8. The molecule has 31 heavy (non-hydrogen) atoms. The maximum atomic E-state index is 12.5. The van der Waals surface area contributed by atoms with Gasteiger partial charge in [0.25, 0.3) is 0 Å². The molecule has 0 saturated carbocycles. The molecule has 0 spiro atoms. The number of carbonyl (C=O) groups excluding carboxylic acids is 3. The molecule has 1 aromatic carbocycles. The lowest BCUT2D eigenvalue weighted by Gasteiger charge is -2.20. The minimum absolute atomic E-state index is 0.0602. The lowest BCUT2D eigenvalue weighted by molar-refractivity contribution is -0.152. The van der Waals surface area contributed by atoms with Gasteiger partial charge in [-0.1, -0.05) is 69.6 Å². The van der Waals surface area contributed by atoms with Crippen LogP contribution in [0.4, 0.5) is 4.79 Å². The molecule has 0 aliphatic rings. The molecule has 0 unspecified atom stereocenters. The summed E-state index contributed by atoms with van der Waals surface area (Å²) in [4.78, 5) is 37.0. The van der Waals surface area contributed by atoms with Gasteiger partial charge in [-0.3, -0.25) is 4.79 Å². The molecule has 1 N–H and O–H groups in total. The summed E-state index contributed by atoms with van der Waals surface area (Å²) in [5.74, 6) is -1.20. The topological polar surface area (TPSA) is 90.9 Å². The molecule has 0 saturated heterocycles. The van der Waals surface area contributed by atoms with Crippen molar-refractivity contribution < 1.29 is 28.6 Å². The minimum atomic E-state index is -1.39. The highest BCUT2D eigenvalue weighted by molar-refractivity contribution is 6.76. The fourth-order valence-corrected chi connectivity index (χ4v) is 3.78. The van der Waals surface area contributed by atoms with Gasteiger partial charge in [0.15, 0.2) is 0 Å². The highest BCUT2D eigenvalue weighted by Gasteiger charge is 2.28. The predicted molar refractivity (Wildman–Crippen MR) is 126 cm³/mol. The molecule has 1 rings (SSSR count). The molecule has 0 aliphatic heterocycles. The number of amides is 1. The lowest BCUT2D eigenvalue weighted by atomic mass is 10.2. The zero-order chi connectivity index (χ0) is 23.5. The number of rotatable bonds is 12. The van der Waals surface area contributed by atoms with Crippen LogP contribution in [0.1, 0.15) is 12.0 Å². The number of hydrogen-bond donors (Lipinski definition) is 1. The Kier molecular flexibility index (Phi) is 11.0. The van der Waals surface area contributed by atoms with E-state index in [0.29, 0.717) is 6.61 Å². The van der Waals surface area contributed by atoms with Crippen molar-refractivity contribution in [3.05, 3.63) is 35.9 Å². The molecule has 0 radical (unpaired) electrons. The Morgan fingerprint density at radius 3 is 1.94 bits per heavy atom. The van der Waals surface area contributed by atoms with Gasteiger partial charge in [-0.05, 0) is 17.7 Å². The summed E-state index contributed by atoms with van der Waals surface area (Å²) in [6.45, 7) is 13.7. The number of ether oxygens (including phenoxy) is 3. The average Bonchev–Trinajstić information content (AvgIpc) is 2.64. The second-order valence-corrected chi connectivity index (χ2v) is 21.2. The van der Waals surface area contributed by atoms with Crippen molar-refractivity contribution in [2.24, 2.45) is 0 Å². The van der Waals surface area contributed by atoms with Crippen LogP contribution in [-0.2, 0) is 30.4 Å². The van der Waals surface area contributed by atoms with Crippen LogP contribution in [0, 0.1) is 0 Å². The van der Waals surface area contributed by atoms with Crippen LogP contribution in [0.3, 0.4) is 0 Å². The first-order chi connectivity index (χ1) is 14.4. The van der Waals surface area contributed by atoms with Crippen LogP contribution in [0.2, 0.25) is 51.4 Å². The van der Waals surface area contributed by atoms with Gasteiger partial charge in [-0.25, -0.2) is 9.59 Å². The Labute approximate surface area is 187 Å². The quantitative estimate of drug-likeness (QED) is 0.278. The van der Waals surface area contributed by atoms with Crippen molar-refractivity contribution in [2.75, 3.05) is 13.2 Å².